The molecule has 0 amide bonds. The van der Waals surface area contributed by atoms with Gasteiger partial charge in [-0.1, -0.05) is 37.3 Å². The highest BCUT2D eigenvalue weighted by molar-refractivity contribution is 5.20. The second kappa shape index (κ2) is 8.40. The van der Waals surface area contributed by atoms with Crippen LogP contribution in [0.4, 0.5) is 0 Å². The molecule has 0 radical (unpaired) electrons. The van der Waals surface area contributed by atoms with Gasteiger partial charge in [-0.3, -0.25) is 0 Å². The molecule has 0 aromatic heterocycles. The molecule has 1 aromatic rings. The number of rotatable bonds is 7. The molecular formula is C17H27NO2. The van der Waals surface area contributed by atoms with Gasteiger partial charge >= 0.3 is 0 Å². The third-order valence-corrected chi connectivity index (χ3v) is 4.15. The van der Waals surface area contributed by atoms with Crippen LogP contribution in [0.2, 0.25) is 0 Å². The van der Waals surface area contributed by atoms with Crippen LogP contribution in [0, 0.1) is 0 Å². The highest BCUT2D eigenvalue weighted by Gasteiger charge is 2.31. The minimum atomic E-state index is 0.295. The lowest BCUT2D eigenvalue weighted by atomic mass is 9.80. The van der Waals surface area contributed by atoms with Crippen LogP contribution >= 0.6 is 0 Å². The summed E-state index contributed by atoms with van der Waals surface area (Å²) in [7, 11) is 1.72. The fourth-order valence-electron chi connectivity index (χ4n) is 3.12. The Kier molecular flexibility index (Phi) is 6.51. The Morgan fingerprint density at radius 2 is 1.95 bits per heavy atom. The van der Waals surface area contributed by atoms with E-state index in [1.165, 1.54) is 18.4 Å². The fraction of sp³-hybridized carbons (Fsp3) is 0.647. The van der Waals surface area contributed by atoms with E-state index in [1.807, 2.05) is 0 Å². The van der Waals surface area contributed by atoms with Crippen molar-refractivity contribution in [3.05, 3.63) is 35.9 Å². The molecule has 3 unspecified atom stereocenters. The molecule has 1 aliphatic carbocycles. The van der Waals surface area contributed by atoms with E-state index in [-0.39, 0.29) is 0 Å². The van der Waals surface area contributed by atoms with Crippen molar-refractivity contribution in [2.45, 2.75) is 44.2 Å². The molecule has 0 aliphatic heterocycles. The molecule has 20 heavy (non-hydrogen) atoms. The maximum Gasteiger partial charge on any atom is 0.0735 e. The standard InChI is InChI=1S/C17H27NO2/c1-3-18-16-10-9-15(14-7-5-4-6-8-14)13-17(16)20-12-11-19-2/h4-8,15-18H,3,9-13H2,1-2H3. The second-order valence-electron chi connectivity index (χ2n) is 5.49. The van der Waals surface area contributed by atoms with E-state index in [0.717, 1.165) is 13.0 Å². The highest BCUT2D eigenvalue weighted by Crippen LogP contribution is 2.34. The van der Waals surface area contributed by atoms with Crippen molar-refractivity contribution in [1.82, 2.24) is 5.32 Å². The molecule has 1 aromatic carbocycles. The topological polar surface area (TPSA) is 30.5 Å². The van der Waals surface area contributed by atoms with Crippen molar-refractivity contribution in [3.8, 4) is 0 Å². The molecule has 0 heterocycles. The molecule has 0 spiro atoms. The number of methoxy groups -OCH3 is 1. The molecule has 1 N–H and O–H groups in total. The van der Waals surface area contributed by atoms with Crippen molar-refractivity contribution in [2.24, 2.45) is 0 Å². The minimum Gasteiger partial charge on any atom is -0.382 e. The lowest BCUT2D eigenvalue weighted by Crippen LogP contribution is -2.45. The summed E-state index contributed by atoms with van der Waals surface area (Å²) >= 11 is 0. The van der Waals surface area contributed by atoms with Crippen LogP contribution < -0.4 is 5.32 Å². The Balaban J connectivity index is 1.95. The van der Waals surface area contributed by atoms with Crippen LogP contribution in [-0.2, 0) is 9.47 Å². The summed E-state index contributed by atoms with van der Waals surface area (Å²) in [6, 6.07) is 11.3. The van der Waals surface area contributed by atoms with Gasteiger partial charge in [0.05, 0.1) is 19.3 Å². The van der Waals surface area contributed by atoms with E-state index in [4.69, 9.17) is 9.47 Å². The molecule has 3 atom stereocenters. The zero-order chi connectivity index (χ0) is 14.2. The van der Waals surface area contributed by atoms with Gasteiger partial charge in [-0.05, 0) is 37.3 Å². The van der Waals surface area contributed by atoms with Gasteiger partial charge in [0, 0.05) is 13.2 Å². The maximum absolute atomic E-state index is 6.05. The number of ether oxygens (including phenoxy) is 2. The Morgan fingerprint density at radius 3 is 2.65 bits per heavy atom. The van der Waals surface area contributed by atoms with E-state index >= 15 is 0 Å². The highest BCUT2D eigenvalue weighted by atomic mass is 16.5. The smallest absolute Gasteiger partial charge is 0.0735 e. The lowest BCUT2D eigenvalue weighted by molar-refractivity contribution is -0.0218. The molecule has 1 fully saturated rings. The van der Waals surface area contributed by atoms with Crippen LogP contribution in [0.1, 0.15) is 37.7 Å². The summed E-state index contributed by atoms with van der Waals surface area (Å²) in [4.78, 5) is 0. The number of nitrogens with one attached hydrogen (secondary N) is 1. The molecular weight excluding hydrogens is 250 g/mol. The first-order valence-corrected chi connectivity index (χ1v) is 7.74. The van der Waals surface area contributed by atoms with E-state index in [9.17, 15) is 0 Å². The largest absolute Gasteiger partial charge is 0.382 e. The predicted octanol–water partition coefficient (Wildman–Crippen LogP) is 2.96. The monoisotopic (exact) mass is 277 g/mol. The van der Waals surface area contributed by atoms with Crippen molar-refractivity contribution in [2.75, 3.05) is 26.9 Å². The SMILES string of the molecule is CCNC1CCC(c2ccccc2)CC1OCCOC. The zero-order valence-corrected chi connectivity index (χ0v) is 12.7. The molecule has 2 rings (SSSR count). The zero-order valence-electron chi connectivity index (χ0n) is 12.7. The van der Waals surface area contributed by atoms with Gasteiger partial charge in [0.1, 0.15) is 0 Å². The molecule has 0 saturated heterocycles. The van der Waals surface area contributed by atoms with Gasteiger partial charge in [-0.15, -0.1) is 0 Å². The molecule has 1 aliphatic rings. The van der Waals surface area contributed by atoms with Gasteiger partial charge in [0.25, 0.3) is 0 Å². The van der Waals surface area contributed by atoms with Crippen LogP contribution in [0.5, 0.6) is 0 Å². The average Bonchev–Trinajstić information content (AvgIpc) is 2.50. The Bertz CT molecular complexity index is 369. The number of benzene rings is 1. The first kappa shape index (κ1) is 15.5. The van der Waals surface area contributed by atoms with E-state index in [0.29, 0.717) is 31.3 Å². The first-order chi connectivity index (χ1) is 9.85. The summed E-state index contributed by atoms with van der Waals surface area (Å²) in [5.74, 6) is 0.624. The van der Waals surface area contributed by atoms with Crippen molar-refractivity contribution in [1.29, 1.82) is 0 Å². The molecule has 3 nitrogen and oxygen atoms in total. The molecule has 0 bridgehead atoms. The number of hydrogen-bond acceptors (Lipinski definition) is 3. The summed E-state index contributed by atoms with van der Waals surface area (Å²) < 4.78 is 11.1. The van der Waals surface area contributed by atoms with E-state index in [2.05, 4.69) is 42.6 Å². The van der Waals surface area contributed by atoms with Gasteiger partial charge in [-0.25, -0.2) is 0 Å². The first-order valence-electron chi connectivity index (χ1n) is 7.74. The lowest BCUT2D eigenvalue weighted by Gasteiger charge is -2.36. The predicted molar refractivity (Wildman–Crippen MR) is 82.1 cm³/mol. The maximum atomic E-state index is 6.05. The molecule has 112 valence electrons. The van der Waals surface area contributed by atoms with Crippen LogP contribution in [-0.4, -0.2) is 39.0 Å². The van der Waals surface area contributed by atoms with Gasteiger partial charge < -0.3 is 14.8 Å². The third kappa shape index (κ3) is 4.30. The Morgan fingerprint density at radius 1 is 1.15 bits per heavy atom. The van der Waals surface area contributed by atoms with Crippen LogP contribution in [0.25, 0.3) is 0 Å². The fourth-order valence-corrected chi connectivity index (χ4v) is 3.12. The molecule has 3 heteroatoms. The Labute approximate surface area is 122 Å². The number of likely N-dealkylation sites (N-methyl/N-ethyl adjacent to an activating group) is 1. The molecule has 1 saturated carbocycles. The number of hydrogen-bond donors (Lipinski definition) is 1. The van der Waals surface area contributed by atoms with E-state index in [1.54, 1.807) is 7.11 Å². The second-order valence-corrected chi connectivity index (χ2v) is 5.49. The Hall–Kier alpha value is -0.900. The quantitative estimate of drug-likeness (QED) is 0.777. The van der Waals surface area contributed by atoms with Crippen molar-refractivity contribution in [3.63, 3.8) is 0 Å². The third-order valence-electron chi connectivity index (χ3n) is 4.15. The van der Waals surface area contributed by atoms with Gasteiger partial charge in [0.2, 0.25) is 0 Å². The average molecular weight is 277 g/mol. The summed E-state index contributed by atoms with van der Waals surface area (Å²) in [5.41, 5.74) is 1.45. The van der Waals surface area contributed by atoms with Crippen LogP contribution in [0.3, 0.4) is 0 Å². The van der Waals surface area contributed by atoms with Crippen LogP contribution in [0.15, 0.2) is 30.3 Å². The minimum absolute atomic E-state index is 0.295. The normalized spacial score (nSPS) is 26.6. The van der Waals surface area contributed by atoms with Gasteiger partial charge in [0.15, 0.2) is 0 Å². The summed E-state index contributed by atoms with van der Waals surface area (Å²) in [6.07, 6.45) is 3.83. The van der Waals surface area contributed by atoms with E-state index < -0.39 is 0 Å². The summed E-state index contributed by atoms with van der Waals surface area (Å²) in [5, 5.41) is 3.57. The van der Waals surface area contributed by atoms with Gasteiger partial charge in [-0.2, -0.15) is 0 Å². The van der Waals surface area contributed by atoms with Crippen molar-refractivity contribution >= 4 is 0 Å². The summed E-state index contributed by atoms with van der Waals surface area (Å²) in [6.45, 7) is 4.52. The van der Waals surface area contributed by atoms with Crippen molar-refractivity contribution < 1.29 is 9.47 Å².